The molecule has 2 N–H and O–H groups in total. The van der Waals surface area contributed by atoms with Crippen LogP contribution in [0.3, 0.4) is 0 Å². The summed E-state index contributed by atoms with van der Waals surface area (Å²) >= 11 is 5.91. The van der Waals surface area contributed by atoms with Gasteiger partial charge in [-0.2, -0.15) is 5.26 Å². The maximum atomic E-state index is 11.7. The molecule has 2 amide bonds. The van der Waals surface area contributed by atoms with Gasteiger partial charge in [-0.3, -0.25) is 4.90 Å². The van der Waals surface area contributed by atoms with Crippen LogP contribution >= 0.6 is 11.6 Å². The summed E-state index contributed by atoms with van der Waals surface area (Å²) in [4.78, 5) is 14.0. The van der Waals surface area contributed by atoms with Crippen molar-refractivity contribution in [2.45, 2.75) is 0 Å². The van der Waals surface area contributed by atoms with E-state index in [9.17, 15) is 4.79 Å². The number of rotatable bonds is 4. The third kappa shape index (κ3) is 4.90. The predicted octanol–water partition coefficient (Wildman–Crippen LogP) is 1.67. The van der Waals surface area contributed by atoms with Crippen molar-refractivity contribution in [2.75, 3.05) is 44.7 Å². The van der Waals surface area contributed by atoms with Crippen molar-refractivity contribution in [1.29, 1.82) is 5.26 Å². The summed E-state index contributed by atoms with van der Waals surface area (Å²) in [5.74, 6) is 0. The lowest BCUT2D eigenvalue weighted by Gasteiger charge is -2.26. The molecule has 0 radical (unpaired) electrons. The Morgan fingerprint density at radius 1 is 1.43 bits per heavy atom. The highest BCUT2D eigenvalue weighted by Crippen LogP contribution is 2.19. The largest absolute Gasteiger partial charge is 0.379 e. The smallest absolute Gasteiger partial charge is 0.319 e. The van der Waals surface area contributed by atoms with E-state index in [1.54, 1.807) is 18.2 Å². The second-order valence-electron chi connectivity index (χ2n) is 4.64. The summed E-state index contributed by atoms with van der Waals surface area (Å²) in [6.07, 6.45) is 0. The molecule has 1 aromatic rings. The van der Waals surface area contributed by atoms with E-state index in [0.717, 1.165) is 32.8 Å². The molecular formula is C14H17ClN4O2. The van der Waals surface area contributed by atoms with Gasteiger partial charge in [0.1, 0.15) is 6.07 Å². The third-order valence-corrected chi connectivity index (χ3v) is 3.48. The zero-order valence-electron chi connectivity index (χ0n) is 11.6. The zero-order chi connectivity index (χ0) is 15.1. The number of benzene rings is 1. The number of nitrogens with zero attached hydrogens (tertiary/aromatic N) is 2. The van der Waals surface area contributed by atoms with Gasteiger partial charge >= 0.3 is 6.03 Å². The molecule has 0 saturated carbocycles. The maximum absolute atomic E-state index is 11.7. The molecule has 1 heterocycles. The van der Waals surface area contributed by atoms with Crippen LogP contribution in [0.25, 0.3) is 0 Å². The molecule has 0 aliphatic carbocycles. The van der Waals surface area contributed by atoms with Crippen LogP contribution in [0.15, 0.2) is 18.2 Å². The van der Waals surface area contributed by atoms with E-state index in [2.05, 4.69) is 15.5 Å². The van der Waals surface area contributed by atoms with Crippen molar-refractivity contribution in [1.82, 2.24) is 10.2 Å². The highest BCUT2D eigenvalue weighted by molar-refractivity contribution is 6.32. The number of morpholine rings is 1. The number of nitriles is 1. The number of carbonyl (C=O) groups is 1. The second-order valence-corrected chi connectivity index (χ2v) is 5.05. The van der Waals surface area contributed by atoms with Gasteiger partial charge in [-0.25, -0.2) is 4.79 Å². The minimum absolute atomic E-state index is 0.288. The molecule has 1 fully saturated rings. The fraction of sp³-hybridized carbons (Fsp3) is 0.429. The Hall–Kier alpha value is -1.81. The topological polar surface area (TPSA) is 77.4 Å². The Kier molecular flexibility index (Phi) is 5.81. The Bertz CT molecular complexity index is 538. The van der Waals surface area contributed by atoms with Crippen LogP contribution in [0.4, 0.5) is 10.5 Å². The van der Waals surface area contributed by atoms with E-state index in [-0.39, 0.29) is 6.03 Å². The summed E-state index contributed by atoms with van der Waals surface area (Å²) in [6, 6.07) is 6.46. The average molecular weight is 309 g/mol. The Morgan fingerprint density at radius 3 is 2.86 bits per heavy atom. The zero-order valence-corrected chi connectivity index (χ0v) is 12.3. The van der Waals surface area contributed by atoms with Crippen LogP contribution in [-0.4, -0.2) is 50.3 Å². The summed E-state index contributed by atoms with van der Waals surface area (Å²) in [5.41, 5.74) is 0.942. The number of amides is 2. The van der Waals surface area contributed by atoms with Crippen molar-refractivity contribution in [3.63, 3.8) is 0 Å². The van der Waals surface area contributed by atoms with E-state index in [1.165, 1.54) is 0 Å². The molecule has 0 atom stereocenters. The SMILES string of the molecule is N#Cc1ccc(NC(=O)NCCN2CCOCC2)cc1Cl. The van der Waals surface area contributed by atoms with Gasteiger partial charge in [0.05, 0.1) is 23.8 Å². The summed E-state index contributed by atoms with van der Waals surface area (Å²) < 4.78 is 5.26. The third-order valence-electron chi connectivity index (χ3n) is 3.16. The predicted molar refractivity (Wildman–Crippen MR) is 80.4 cm³/mol. The number of ether oxygens (including phenoxy) is 1. The molecule has 6 nitrogen and oxygen atoms in total. The van der Waals surface area contributed by atoms with Gasteiger partial charge < -0.3 is 15.4 Å². The van der Waals surface area contributed by atoms with Crippen LogP contribution in [0.5, 0.6) is 0 Å². The van der Waals surface area contributed by atoms with Gasteiger partial charge in [-0.1, -0.05) is 11.6 Å². The molecular weight excluding hydrogens is 292 g/mol. The number of carbonyl (C=O) groups excluding carboxylic acids is 1. The summed E-state index contributed by atoms with van der Waals surface area (Å²) in [5, 5.41) is 14.6. The highest BCUT2D eigenvalue weighted by atomic mass is 35.5. The number of hydrogen-bond donors (Lipinski definition) is 2. The van der Waals surface area contributed by atoms with Gasteiger partial charge in [-0.15, -0.1) is 0 Å². The lowest BCUT2D eigenvalue weighted by Crippen LogP contribution is -2.42. The van der Waals surface area contributed by atoms with E-state index < -0.39 is 0 Å². The molecule has 112 valence electrons. The van der Waals surface area contributed by atoms with Gasteiger partial charge in [0.15, 0.2) is 0 Å². The Morgan fingerprint density at radius 2 is 2.19 bits per heavy atom. The molecule has 1 aromatic carbocycles. The number of urea groups is 1. The van der Waals surface area contributed by atoms with Crippen LogP contribution in [-0.2, 0) is 4.74 Å². The molecule has 1 saturated heterocycles. The number of nitrogens with one attached hydrogen (secondary N) is 2. The Labute approximate surface area is 128 Å². The van der Waals surface area contributed by atoms with Gasteiger partial charge in [-0.05, 0) is 18.2 Å². The molecule has 21 heavy (non-hydrogen) atoms. The minimum atomic E-state index is -0.288. The lowest BCUT2D eigenvalue weighted by atomic mass is 10.2. The first-order valence-corrected chi connectivity index (χ1v) is 7.11. The minimum Gasteiger partial charge on any atom is -0.379 e. The lowest BCUT2D eigenvalue weighted by molar-refractivity contribution is 0.0388. The molecule has 2 rings (SSSR count). The van der Waals surface area contributed by atoms with E-state index in [1.807, 2.05) is 6.07 Å². The highest BCUT2D eigenvalue weighted by Gasteiger charge is 2.10. The summed E-state index contributed by atoms with van der Waals surface area (Å²) in [6.45, 7) is 4.65. The number of anilines is 1. The number of hydrogen-bond acceptors (Lipinski definition) is 4. The quantitative estimate of drug-likeness (QED) is 0.887. The monoisotopic (exact) mass is 308 g/mol. The first-order chi connectivity index (χ1) is 10.2. The van der Waals surface area contributed by atoms with Gasteiger partial charge in [0.2, 0.25) is 0 Å². The first kappa shape index (κ1) is 15.6. The second kappa shape index (κ2) is 7.84. The molecule has 7 heteroatoms. The normalized spacial score (nSPS) is 15.2. The maximum Gasteiger partial charge on any atom is 0.319 e. The van der Waals surface area contributed by atoms with Crippen molar-refractivity contribution in [3.05, 3.63) is 28.8 Å². The molecule has 1 aliphatic heterocycles. The number of halogens is 1. The molecule has 0 bridgehead atoms. The van der Waals surface area contributed by atoms with Crippen molar-refractivity contribution in [2.24, 2.45) is 0 Å². The van der Waals surface area contributed by atoms with Crippen LogP contribution in [0.1, 0.15) is 5.56 Å². The fourth-order valence-corrected chi connectivity index (χ4v) is 2.23. The van der Waals surface area contributed by atoms with Crippen molar-refractivity contribution < 1.29 is 9.53 Å². The Balaban J connectivity index is 1.74. The van der Waals surface area contributed by atoms with Crippen molar-refractivity contribution in [3.8, 4) is 6.07 Å². The standard InChI is InChI=1S/C14H17ClN4O2/c15-13-9-12(2-1-11(13)10-16)18-14(20)17-3-4-19-5-7-21-8-6-19/h1-2,9H,3-8H2,(H2,17,18,20). The summed E-state index contributed by atoms with van der Waals surface area (Å²) in [7, 11) is 0. The fourth-order valence-electron chi connectivity index (χ4n) is 2.01. The van der Waals surface area contributed by atoms with Crippen LogP contribution < -0.4 is 10.6 Å². The van der Waals surface area contributed by atoms with Crippen LogP contribution in [0.2, 0.25) is 5.02 Å². The van der Waals surface area contributed by atoms with Gasteiger partial charge in [0.25, 0.3) is 0 Å². The molecule has 0 unspecified atom stereocenters. The van der Waals surface area contributed by atoms with Crippen LogP contribution in [0, 0.1) is 11.3 Å². The molecule has 0 aromatic heterocycles. The van der Waals surface area contributed by atoms with E-state index >= 15 is 0 Å². The van der Waals surface area contributed by atoms with E-state index in [0.29, 0.717) is 22.8 Å². The van der Waals surface area contributed by atoms with E-state index in [4.69, 9.17) is 21.6 Å². The molecule has 1 aliphatic rings. The average Bonchev–Trinajstić information content (AvgIpc) is 2.48. The first-order valence-electron chi connectivity index (χ1n) is 6.73. The van der Waals surface area contributed by atoms with Crippen molar-refractivity contribution >= 4 is 23.3 Å². The van der Waals surface area contributed by atoms with Gasteiger partial charge in [0, 0.05) is 31.9 Å². The molecule has 0 spiro atoms.